The van der Waals surface area contributed by atoms with Gasteiger partial charge in [0.05, 0.1) is 0 Å². The van der Waals surface area contributed by atoms with Crippen LogP contribution in [0.1, 0.15) is 36.2 Å². The Kier molecular flexibility index (Phi) is 3.07. The molecule has 2 fully saturated rings. The number of rotatable bonds is 4. The van der Waals surface area contributed by atoms with Crippen molar-refractivity contribution in [3.05, 3.63) is 11.1 Å². The first kappa shape index (κ1) is 11.1. The average molecular weight is 252 g/mol. The fraction of sp³-hybridized carbons (Fsp3) is 0.727. The Bertz CT molecular complexity index is 384. The number of nitrogens with one attached hydrogen (secondary N) is 1. The summed E-state index contributed by atoms with van der Waals surface area (Å²) in [5.41, 5.74) is 0.500. The van der Waals surface area contributed by atoms with Crippen LogP contribution < -0.4 is 5.32 Å². The van der Waals surface area contributed by atoms with Crippen LogP contribution in [0, 0.1) is 0 Å². The van der Waals surface area contributed by atoms with E-state index in [-0.39, 0.29) is 5.91 Å². The summed E-state index contributed by atoms with van der Waals surface area (Å²) in [5, 5.41) is 9.06. The molecule has 1 saturated heterocycles. The number of amides is 1. The summed E-state index contributed by atoms with van der Waals surface area (Å²) in [7, 11) is 0. The smallest absolute Gasteiger partial charge is 0.275 e. The van der Waals surface area contributed by atoms with Crippen LogP contribution in [0.2, 0.25) is 0 Å². The normalized spacial score (nSPS) is 23.9. The Labute approximate surface area is 104 Å². The summed E-state index contributed by atoms with van der Waals surface area (Å²) in [5.74, 6) is 0.0509. The zero-order valence-corrected chi connectivity index (χ0v) is 10.4. The molecule has 1 N–H and O–H groups in total. The van der Waals surface area contributed by atoms with E-state index in [1.54, 1.807) is 5.38 Å². The van der Waals surface area contributed by atoms with Crippen molar-refractivity contribution in [1.29, 1.82) is 0 Å². The molecule has 2 aliphatic rings. The minimum absolute atomic E-state index is 0.0509. The summed E-state index contributed by atoms with van der Waals surface area (Å²) in [6, 6.07) is 0.901. The van der Waals surface area contributed by atoms with Crippen molar-refractivity contribution >= 4 is 17.4 Å². The molecular formula is C11H16N4OS. The second-order valence-electron chi connectivity index (χ2n) is 4.77. The Morgan fingerprint density at radius 2 is 2.41 bits per heavy atom. The summed E-state index contributed by atoms with van der Waals surface area (Å²) in [6.07, 6.45) is 4.66. The van der Waals surface area contributed by atoms with Gasteiger partial charge in [-0.15, -0.1) is 5.10 Å². The van der Waals surface area contributed by atoms with Gasteiger partial charge in [0.25, 0.3) is 5.91 Å². The zero-order valence-electron chi connectivity index (χ0n) is 9.63. The third-order valence-electron chi connectivity index (χ3n) is 3.41. The van der Waals surface area contributed by atoms with Gasteiger partial charge in [-0.2, -0.15) is 0 Å². The van der Waals surface area contributed by atoms with Crippen LogP contribution in [0.5, 0.6) is 0 Å². The molecule has 3 rings (SSSR count). The molecule has 5 nitrogen and oxygen atoms in total. The molecule has 17 heavy (non-hydrogen) atoms. The lowest BCUT2D eigenvalue weighted by molar-refractivity contribution is 0.0722. The largest absolute Gasteiger partial charge is 0.333 e. The van der Waals surface area contributed by atoms with E-state index in [1.807, 2.05) is 4.90 Å². The van der Waals surface area contributed by atoms with Crippen LogP contribution in [0.4, 0.5) is 0 Å². The highest BCUT2D eigenvalue weighted by atomic mass is 32.1. The van der Waals surface area contributed by atoms with Gasteiger partial charge in [-0.05, 0) is 43.8 Å². The minimum atomic E-state index is 0.0509. The van der Waals surface area contributed by atoms with Gasteiger partial charge in [-0.3, -0.25) is 4.79 Å². The van der Waals surface area contributed by atoms with Gasteiger partial charge in [-0.25, -0.2) is 0 Å². The predicted molar refractivity (Wildman–Crippen MR) is 65.0 cm³/mol. The first-order valence-electron chi connectivity index (χ1n) is 6.16. The maximum Gasteiger partial charge on any atom is 0.275 e. The van der Waals surface area contributed by atoms with E-state index in [9.17, 15) is 4.79 Å². The molecule has 0 bridgehead atoms. The molecule has 1 aromatic rings. The van der Waals surface area contributed by atoms with Crippen LogP contribution in [-0.2, 0) is 0 Å². The molecule has 1 atom stereocenters. The highest BCUT2D eigenvalue weighted by Crippen LogP contribution is 2.29. The summed E-state index contributed by atoms with van der Waals surface area (Å²) >= 11 is 1.24. The van der Waals surface area contributed by atoms with Gasteiger partial charge in [-0.1, -0.05) is 4.49 Å². The summed E-state index contributed by atoms with van der Waals surface area (Å²) < 4.78 is 3.77. The second kappa shape index (κ2) is 4.70. The van der Waals surface area contributed by atoms with E-state index < -0.39 is 0 Å². The summed E-state index contributed by atoms with van der Waals surface area (Å²) in [6.45, 7) is 1.90. The Morgan fingerprint density at radius 1 is 1.53 bits per heavy atom. The molecule has 1 amide bonds. The number of carbonyl (C=O) groups excluding carboxylic acids is 1. The number of hydrogen-bond donors (Lipinski definition) is 1. The van der Waals surface area contributed by atoms with Crippen LogP contribution in [0.25, 0.3) is 0 Å². The van der Waals surface area contributed by atoms with E-state index in [4.69, 9.17) is 0 Å². The minimum Gasteiger partial charge on any atom is -0.333 e. The van der Waals surface area contributed by atoms with E-state index in [0.29, 0.717) is 17.8 Å². The van der Waals surface area contributed by atoms with Crippen LogP contribution in [-0.4, -0.2) is 45.6 Å². The van der Waals surface area contributed by atoms with Crippen LogP contribution in [0.15, 0.2) is 5.38 Å². The highest BCUT2D eigenvalue weighted by molar-refractivity contribution is 7.03. The third kappa shape index (κ3) is 2.47. The topological polar surface area (TPSA) is 58.1 Å². The molecule has 6 heteroatoms. The van der Waals surface area contributed by atoms with E-state index in [2.05, 4.69) is 14.9 Å². The van der Waals surface area contributed by atoms with Gasteiger partial charge in [0.15, 0.2) is 5.69 Å². The summed E-state index contributed by atoms with van der Waals surface area (Å²) in [4.78, 5) is 14.3. The van der Waals surface area contributed by atoms with Gasteiger partial charge < -0.3 is 10.2 Å². The van der Waals surface area contributed by atoms with Crippen molar-refractivity contribution < 1.29 is 4.79 Å². The predicted octanol–water partition coefficient (Wildman–Crippen LogP) is 0.895. The molecule has 0 spiro atoms. The zero-order chi connectivity index (χ0) is 11.7. The average Bonchev–Trinajstić information content (AvgIpc) is 2.86. The molecular weight excluding hydrogens is 236 g/mol. The molecule has 0 unspecified atom stereocenters. The van der Waals surface area contributed by atoms with Crippen LogP contribution in [0.3, 0.4) is 0 Å². The maximum absolute atomic E-state index is 12.3. The Hall–Kier alpha value is -1.01. The standard InChI is InChI=1S/C11H16N4OS/c16-11(10-7-17-14-13-10)15(9-3-4-9)6-8-2-1-5-12-8/h7-9,12H,1-6H2/t8-/m0/s1. The number of hydrogen-bond acceptors (Lipinski definition) is 5. The van der Waals surface area contributed by atoms with Crippen molar-refractivity contribution in [3.8, 4) is 0 Å². The lowest BCUT2D eigenvalue weighted by Crippen LogP contribution is -2.42. The molecule has 1 saturated carbocycles. The van der Waals surface area contributed by atoms with Crippen molar-refractivity contribution in [3.63, 3.8) is 0 Å². The number of carbonyl (C=O) groups is 1. The fourth-order valence-electron chi connectivity index (χ4n) is 2.34. The number of nitrogens with zero attached hydrogens (tertiary/aromatic N) is 3. The van der Waals surface area contributed by atoms with E-state index in [0.717, 1.165) is 25.9 Å². The van der Waals surface area contributed by atoms with Crippen molar-refractivity contribution in [2.45, 2.75) is 37.8 Å². The maximum atomic E-state index is 12.3. The van der Waals surface area contributed by atoms with Crippen molar-refractivity contribution in [1.82, 2.24) is 19.8 Å². The van der Waals surface area contributed by atoms with Gasteiger partial charge in [0, 0.05) is 24.0 Å². The van der Waals surface area contributed by atoms with Crippen molar-refractivity contribution in [2.75, 3.05) is 13.1 Å². The third-order valence-corrected chi connectivity index (χ3v) is 3.91. The van der Waals surface area contributed by atoms with Gasteiger partial charge in [0.1, 0.15) is 0 Å². The van der Waals surface area contributed by atoms with Crippen LogP contribution >= 0.6 is 11.5 Å². The lowest BCUT2D eigenvalue weighted by atomic mass is 10.2. The monoisotopic (exact) mass is 252 g/mol. The first-order valence-corrected chi connectivity index (χ1v) is 6.99. The highest BCUT2D eigenvalue weighted by Gasteiger charge is 2.35. The van der Waals surface area contributed by atoms with Crippen molar-refractivity contribution in [2.24, 2.45) is 0 Å². The molecule has 2 heterocycles. The molecule has 1 aromatic heterocycles. The Morgan fingerprint density at radius 3 is 3.00 bits per heavy atom. The molecule has 0 aromatic carbocycles. The Balaban J connectivity index is 1.69. The molecule has 92 valence electrons. The second-order valence-corrected chi connectivity index (χ2v) is 5.38. The quantitative estimate of drug-likeness (QED) is 0.865. The first-order chi connectivity index (χ1) is 8.34. The van der Waals surface area contributed by atoms with Gasteiger partial charge >= 0.3 is 0 Å². The lowest BCUT2D eigenvalue weighted by Gasteiger charge is -2.24. The molecule has 1 aliphatic carbocycles. The van der Waals surface area contributed by atoms with E-state index >= 15 is 0 Å². The van der Waals surface area contributed by atoms with Gasteiger partial charge in [0.2, 0.25) is 0 Å². The molecule has 1 aliphatic heterocycles. The fourth-order valence-corrected chi connectivity index (χ4v) is 2.77. The SMILES string of the molecule is O=C(c1csnn1)N(C[C@@H]1CCCN1)C1CC1. The number of aromatic nitrogens is 2. The molecule has 0 radical (unpaired) electrons. The van der Waals surface area contributed by atoms with E-state index in [1.165, 1.54) is 24.4 Å².